The van der Waals surface area contributed by atoms with Gasteiger partial charge >= 0.3 is 0 Å². The molecule has 0 aromatic heterocycles. The Morgan fingerprint density at radius 2 is 2.25 bits per heavy atom. The molecule has 0 aliphatic carbocycles. The molecule has 0 radical (unpaired) electrons. The van der Waals surface area contributed by atoms with Crippen molar-refractivity contribution < 1.29 is 14.1 Å². The quantitative estimate of drug-likeness (QED) is 0.611. The number of amides is 1. The highest BCUT2D eigenvalue weighted by atomic mass is 19.1. The number of benzene rings is 1. The van der Waals surface area contributed by atoms with Gasteiger partial charge in [0.2, 0.25) is 0 Å². The molecular weight excluding hydrogens is 265 g/mol. The molecule has 0 bridgehead atoms. The average Bonchev–Trinajstić information content (AvgIpc) is 2.43. The molecule has 0 aliphatic rings. The smallest absolute Gasteiger partial charge is 0.270 e. The predicted molar refractivity (Wildman–Crippen MR) is 69.4 cm³/mol. The first kappa shape index (κ1) is 15.6. The Labute approximate surface area is 115 Å². The maximum Gasteiger partial charge on any atom is 0.270 e. The topological polar surface area (TPSA) is 87.2 Å². The second-order valence-corrected chi connectivity index (χ2v) is 4.30. The molecular formula is C13H14FN3O3. The maximum absolute atomic E-state index is 13.7. The Balaban J connectivity index is 3.09. The number of rotatable bonds is 5. The highest BCUT2D eigenvalue weighted by Gasteiger charge is 2.22. The van der Waals surface area contributed by atoms with Crippen molar-refractivity contribution in [2.75, 3.05) is 13.1 Å². The van der Waals surface area contributed by atoms with E-state index in [1.54, 1.807) is 13.8 Å². The number of hydrogen-bond acceptors (Lipinski definition) is 4. The van der Waals surface area contributed by atoms with Gasteiger partial charge in [-0.1, -0.05) is 0 Å². The molecule has 1 atom stereocenters. The van der Waals surface area contributed by atoms with Crippen LogP contribution in [0, 0.1) is 33.2 Å². The minimum absolute atomic E-state index is 0.147. The van der Waals surface area contributed by atoms with Gasteiger partial charge in [0, 0.05) is 25.2 Å². The number of hydrogen-bond donors (Lipinski definition) is 0. The van der Waals surface area contributed by atoms with Gasteiger partial charge < -0.3 is 4.90 Å². The van der Waals surface area contributed by atoms with Crippen LogP contribution in [0.5, 0.6) is 0 Å². The molecule has 6 nitrogen and oxygen atoms in total. The second kappa shape index (κ2) is 6.61. The summed E-state index contributed by atoms with van der Waals surface area (Å²) in [5.41, 5.74) is -0.703. The van der Waals surface area contributed by atoms with Crippen LogP contribution in [0.2, 0.25) is 0 Å². The Morgan fingerprint density at radius 3 is 2.75 bits per heavy atom. The summed E-state index contributed by atoms with van der Waals surface area (Å²) in [6, 6.07) is 4.79. The van der Waals surface area contributed by atoms with Crippen LogP contribution in [-0.2, 0) is 0 Å². The van der Waals surface area contributed by atoms with Gasteiger partial charge in [0.25, 0.3) is 11.6 Å². The van der Waals surface area contributed by atoms with Crippen LogP contribution in [0.25, 0.3) is 0 Å². The van der Waals surface area contributed by atoms with Crippen LogP contribution in [0.1, 0.15) is 24.2 Å². The van der Waals surface area contributed by atoms with Crippen LogP contribution < -0.4 is 0 Å². The van der Waals surface area contributed by atoms with Gasteiger partial charge in [-0.05, 0) is 19.9 Å². The van der Waals surface area contributed by atoms with Crippen LogP contribution in [0.3, 0.4) is 0 Å². The summed E-state index contributed by atoms with van der Waals surface area (Å²) < 4.78 is 13.7. The van der Waals surface area contributed by atoms with E-state index < -0.39 is 22.6 Å². The lowest BCUT2D eigenvalue weighted by atomic mass is 10.1. The summed E-state index contributed by atoms with van der Waals surface area (Å²) >= 11 is 0. The van der Waals surface area contributed by atoms with Gasteiger partial charge in [-0.15, -0.1) is 0 Å². The van der Waals surface area contributed by atoms with Crippen LogP contribution >= 0.6 is 0 Å². The first-order chi connectivity index (χ1) is 9.40. The van der Waals surface area contributed by atoms with Gasteiger partial charge in [0.05, 0.1) is 22.5 Å². The summed E-state index contributed by atoms with van der Waals surface area (Å²) in [6.45, 7) is 3.76. The van der Waals surface area contributed by atoms with Crippen molar-refractivity contribution in [1.82, 2.24) is 4.90 Å². The third-order valence-corrected chi connectivity index (χ3v) is 2.77. The number of nitrogens with zero attached hydrogens (tertiary/aromatic N) is 3. The van der Waals surface area contributed by atoms with Gasteiger partial charge in [-0.25, -0.2) is 4.39 Å². The summed E-state index contributed by atoms with van der Waals surface area (Å²) in [5.74, 6) is -1.87. The summed E-state index contributed by atoms with van der Waals surface area (Å²) in [6.07, 6.45) is 0. The molecule has 1 rings (SSSR count). The van der Waals surface area contributed by atoms with E-state index in [9.17, 15) is 19.3 Å². The van der Waals surface area contributed by atoms with Crippen molar-refractivity contribution in [1.29, 1.82) is 5.26 Å². The Morgan fingerprint density at radius 1 is 1.60 bits per heavy atom. The van der Waals surface area contributed by atoms with Crippen molar-refractivity contribution in [3.63, 3.8) is 0 Å². The second-order valence-electron chi connectivity index (χ2n) is 4.30. The number of nitriles is 1. The highest BCUT2D eigenvalue weighted by Crippen LogP contribution is 2.19. The third kappa shape index (κ3) is 3.51. The van der Waals surface area contributed by atoms with E-state index in [4.69, 9.17) is 5.26 Å². The normalized spacial score (nSPS) is 11.5. The van der Waals surface area contributed by atoms with E-state index in [-0.39, 0.29) is 24.3 Å². The lowest BCUT2D eigenvalue weighted by molar-refractivity contribution is -0.384. The number of non-ortho nitro benzene ring substituents is 1. The molecule has 0 fully saturated rings. The maximum atomic E-state index is 13.7. The molecule has 0 aliphatic heterocycles. The third-order valence-electron chi connectivity index (χ3n) is 2.77. The zero-order valence-corrected chi connectivity index (χ0v) is 11.2. The molecule has 20 heavy (non-hydrogen) atoms. The van der Waals surface area contributed by atoms with Crippen molar-refractivity contribution in [2.45, 2.75) is 13.8 Å². The molecule has 0 spiro atoms. The number of carbonyl (C=O) groups is 1. The first-order valence-corrected chi connectivity index (χ1v) is 6.03. The Kier molecular flexibility index (Phi) is 5.15. The van der Waals surface area contributed by atoms with Crippen molar-refractivity contribution in [3.8, 4) is 6.07 Å². The number of carbonyl (C=O) groups excluding carboxylic acids is 1. The van der Waals surface area contributed by atoms with Crippen molar-refractivity contribution in [2.24, 2.45) is 5.92 Å². The van der Waals surface area contributed by atoms with E-state index in [0.717, 1.165) is 18.2 Å². The monoisotopic (exact) mass is 279 g/mol. The van der Waals surface area contributed by atoms with E-state index in [1.165, 1.54) is 4.90 Å². The fraction of sp³-hybridized carbons (Fsp3) is 0.385. The Bertz CT molecular complexity index is 568. The molecule has 1 aromatic rings. The largest absolute Gasteiger partial charge is 0.338 e. The van der Waals surface area contributed by atoms with E-state index in [2.05, 4.69) is 0 Å². The van der Waals surface area contributed by atoms with Crippen molar-refractivity contribution in [3.05, 3.63) is 39.7 Å². The lowest BCUT2D eigenvalue weighted by Gasteiger charge is -2.22. The minimum atomic E-state index is -0.816. The molecule has 0 saturated carbocycles. The van der Waals surface area contributed by atoms with Gasteiger partial charge in [0.15, 0.2) is 0 Å². The number of halogens is 1. The van der Waals surface area contributed by atoms with E-state index in [0.29, 0.717) is 0 Å². The summed E-state index contributed by atoms with van der Waals surface area (Å²) in [5, 5.41) is 19.4. The molecule has 7 heteroatoms. The number of nitro benzene ring substituents is 1. The minimum Gasteiger partial charge on any atom is -0.338 e. The summed E-state index contributed by atoms with van der Waals surface area (Å²) in [4.78, 5) is 23.4. The van der Waals surface area contributed by atoms with Gasteiger partial charge in [0.1, 0.15) is 5.82 Å². The molecule has 106 valence electrons. The molecule has 0 N–H and O–H groups in total. The molecule has 0 heterocycles. The van der Waals surface area contributed by atoms with Crippen LogP contribution in [0.4, 0.5) is 10.1 Å². The summed E-state index contributed by atoms with van der Waals surface area (Å²) in [7, 11) is 0. The molecule has 1 aromatic carbocycles. The van der Waals surface area contributed by atoms with Crippen molar-refractivity contribution >= 4 is 11.6 Å². The predicted octanol–water partition coefficient (Wildman–Crippen LogP) is 2.36. The molecule has 1 amide bonds. The van der Waals surface area contributed by atoms with E-state index in [1.807, 2.05) is 6.07 Å². The fourth-order valence-electron chi connectivity index (χ4n) is 1.69. The van der Waals surface area contributed by atoms with Gasteiger partial charge in [-0.3, -0.25) is 14.9 Å². The highest BCUT2D eigenvalue weighted by molar-refractivity contribution is 5.95. The fourth-order valence-corrected chi connectivity index (χ4v) is 1.69. The molecule has 0 saturated heterocycles. The average molecular weight is 279 g/mol. The van der Waals surface area contributed by atoms with Crippen LogP contribution in [-0.4, -0.2) is 28.8 Å². The zero-order chi connectivity index (χ0) is 15.3. The SMILES string of the molecule is CCN(CC(C)C#N)C(=O)c1cc([N+](=O)[O-])ccc1F. The number of nitro groups is 1. The lowest BCUT2D eigenvalue weighted by Crippen LogP contribution is -2.34. The standard InChI is InChI=1S/C13H14FN3O3/c1-3-16(8-9(2)7-15)13(18)11-6-10(17(19)20)4-5-12(11)14/h4-6,9H,3,8H2,1-2H3. The molecule has 1 unspecified atom stereocenters. The van der Waals surface area contributed by atoms with E-state index >= 15 is 0 Å². The zero-order valence-electron chi connectivity index (χ0n) is 11.2. The van der Waals surface area contributed by atoms with Crippen LogP contribution in [0.15, 0.2) is 18.2 Å². The Hall–Kier alpha value is -2.49. The van der Waals surface area contributed by atoms with Gasteiger partial charge in [-0.2, -0.15) is 5.26 Å². The first-order valence-electron chi connectivity index (χ1n) is 6.03.